The fourth-order valence-corrected chi connectivity index (χ4v) is 1.15. The molecule has 0 aliphatic rings. The highest BCUT2D eigenvalue weighted by molar-refractivity contribution is 8.93. The van der Waals surface area contributed by atoms with Gasteiger partial charge in [-0.15, -0.1) is 23.6 Å². The van der Waals surface area contributed by atoms with Crippen LogP contribution in [-0.2, 0) is 0 Å². The molecule has 1 rings (SSSR count). The molecule has 1 atom stereocenters. The van der Waals surface area contributed by atoms with Crippen molar-refractivity contribution in [3.63, 3.8) is 0 Å². The van der Waals surface area contributed by atoms with E-state index in [-0.39, 0.29) is 17.0 Å². The molecule has 12 heavy (non-hydrogen) atoms. The molecular formula is C9H15BrN2. The number of nitrogens with zero attached hydrogens (tertiary/aromatic N) is 2. The zero-order chi connectivity index (χ0) is 8.10. The molecule has 3 heteroatoms. The standard InChI is InChI=1S/C9H14N2.BrH/c1-3-5-9(4-2)11-7-6-10-8-11;/h4,6-9H,2-3,5H2,1H3;1H. The Bertz CT molecular complexity index is 206. The Morgan fingerprint density at radius 2 is 2.42 bits per heavy atom. The maximum atomic E-state index is 3.99. The van der Waals surface area contributed by atoms with Crippen molar-refractivity contribution in [1.82, 2.24) is 9.55 Å². The average molecular weight is 231 g/mol. The number of halogens is 1. The van der Waals surface area contributed by atoms with Crippen molar-refractivity contribution < 1.29 is 0 Å². The van der Waals surface area contributed by atoms with Gasteiger partial charge in [0.15, 0.2) is 0 Å². The first kappa shape index (κ1) is 11.4. The van der Waals surface area contributed by atoms with E-state index in [1.807, 2.05) is 18.6 Å². The molecule has 0 aliphatic heterocycles. The van der Waals surface area contributed by atoms with Crippen LogP contribution in [0.4, 0.5) is 0 Å². The van der Waals surface area contributed by atoms with Crippen molar-refractivity contribution in [2.24, 2.45) is 0 Å². The van der Waals surface area contributed by atoms with Crippen LogP contribution in [0.2, 0.25) is 0 Å². The van der Waals surface area contributed by atoms with E-state index in [2.05, 4.69) is 23.1 Å². The van der Waals surface area contributed by atoms with Gasteiger partial charge in [-0.05, 0) is 6.42 Å². The summed E-state index contributed by atoms with van der Waals surface area (Å²) >= 11 is 0. The molecule has 0 bridgehead atoms. The third-order valence-corrected chi connectivity index (χ3v) is 1.76. The molecule has 0 saturated carbocycles. The maximum Gasteiger partial charge on any atom is 0.0951 e. The van der Waals surface area contributed by atoms with Gasteiger partial charge < -0.3 is 4.57 Å². The van der Waals surface area contributed by atoms with Gasteiger partial charge in [0.1, 0.15) is 0 Å². The number of imidazole rings is 1. The third-order valence-electron chi connectivity index (χ3n) is 1.76. The van der Waals surface area contributed by atoms with E-state index in [9.17, 15) is 0 Å². The Balaban J connectivity index is 0.00000121. The summed E-state index contributed by atoms with van der Waals surface area (Å²) in [6, 6.07) is 0.419. The van der Waals surface area contributed by atoms with Gasteiger partial charge in [0, 0.05) is 12.4 Å². The lowest BCUT2D eigenvalue weighted by Gasteiger charge is -2.11. The van der Waals surface area contributed by atoms with Crippen LogP contribution in [0.3, 0.4) is 0 Å². The van der Waals surface area contributed by atoms with Crippen molar-refractivity contribution in [2.75, 3.05) is 0 Å². The number of hydrogen-bond acceptors (Lipinski definition) is 1. The van der Waals surface area contributed by atoms with Gasteiger partial charge >= 0.3 is 0 Å². The second-order valence-electron chi connectivity index (χ2n) is 2.60. The minimum absolute atomic E-state index is 0. The first-order valence-electron chi connectivity index (χ1n) is 3.98. The van der Waals surface area contributed by atoms with Crippen molar-refractivity contribution in [1.29, 1.82) is 0 Å². The predicted octanol–water partition coefficient (Wildman–Crippen LogP) is 2.99. The zero-order valence-electron chi connectivity index (χ0n) is 7.31. The number of aromatic nitrogens is 2. The largest absolute Gasteiger partial charge is 0.331 e. The molecule has 2 nitrogen and oxygen atoms in total. The fraction of sp³-hybridized carbons (Fsp3) is 0.444. The minimum Gasteiger partial charge on any atom is -0.331 e. The SMILES string of the molecule is Br.C=CC(CCC)n1ccnc1. The summed E-state index contributed by atoms with van der Waals surface area (Å²) in [5.74, 6) is 0. The summed E-state index contributed by atoms with van der Waals surface area (Å²) in [6.45, 7) is 5.96. The Labute approximate surface area is 84.1 Å². The van der Waals surface area contributed by atoms with Crippen LogP contribution in [-0.4, -0.2) is 9.55 Å². The quantitative estimate of drug-likeness (QED) is 0.728. The van der Waals surface area contributed by atoms with Gasteiger partial charge in [-0.3, -0.25) is 0 Å². The lowest BCUT2D eigenvalue weighted by Crippen LogP contribution is -2.02. The highest BCUT2D eigenvalue weighted by Crippen LogP contribution is 2.13. The lowest BCUT2D eigenvalue weighted by molar-refractivity contribution is 0.550. The second kappa shape index (κ2) is 6.00. The van der Waals surface area contributed by atoms with Gasteiger partial charge in [0.05, 0.1) is 12.4 Å². The van der Waals surface area contributed by atoms with Crippen molar-refractivity contribution in [2.45, 2.75) is 25.8 Å². The second-order valence-corrected chi connectivity index (χ2v) is 2.60. The molecule has 0 N–H and O–H groups in total. The number of hydrogen-bond donors (Lipinski definition) is 0. The van der Waals surface area contributed by atoms with Crippen LogP contribution in [0.25, 0.3) is 0 Å². The molecule has 0 spiro atoms. The zero-order valence-corrected chi connectivity index (χ0v) is 9.02. The third kappa shape index (κ3) is 2.81. The van der Waals surface area contributed by atoms with Crippen LogP contribution in [0.1, 0.15) is 25.8 Å². The molecule has 0 aromatic carbocycles. The highest BCUT2D eigenvalue weighted by Gasteiger charge is 2.02. The summed E-state index contributed by atoms with van der Waals surface area (Å²) in [5.41, 5.74) is 0. The molecule has 1 aromatic heterocycles. The average Bonchev–Trinajstić information content (AvgIpc) is 2.52. The fourth-order valence-electron chi connectivity index (χ4n) is 1.15. The van der Waals surface area contributed by atoms with Crippen LogP contribution in [0.5, 0.6) is 0 Å². The monoisotopic (exact) mass is 230 g/mol. The summed E-state index contributed by atoms with van der Waals surface area (Å²) in [5, 5.41) is 0. The summed E-state index contributed by atoms with van der Waals surface area (Å²) < 4.78 is 2.08. The van der Waals surface area contributed by atoms with Gasteiger partial charge in [-0.2, -0.15) is 0 Å². The Morgan fingerprint density at radius 1 is 1.67 bits per heavy atom. The van der Waals surface area contributed by atoms with Crippen LogP contribution < -0.4 is 0 Å². The van der Waals surface area contributed by atoms with E-state index in [1.165, 1.54) is 6.42 Å². The van der Waals surface area contributed by atoms with Crippen molar-refractivity contribution in [3.8, 4) is 0 Å². The van der Waals surface area contributed by atoms with E-state index in [0.717, 1.165) is 6.42 Å². The number of rotatable bonds is 4. The highest BCUT2D eigenvalue weighted by atomic mass is 79.9. The molecule has 1 unspecified atom stereocenters. The Morgan fingerprint density at radius 3 is 2.83 bits per heavy atom. The summed E-state index contributed by atoms with van der Waals surface area (Å²) in [7, 11) is 0. The maximum absolute atomic E-state index is 3.99. The molecule has 0 amide bonds. The normalized spacial score (nSPS) is 11.8. The van der Waals surface area contributed by atoms with Gasteiger partial charge in [0.2, 0.25) is 0 Å². The van der Waals surface area contributed by atoms with Crippen LogP contribution >= 0.6 is 17.0 Å². The van der Waals surface area contributed by atoms with E-state index in [0.29, 0.717) is 6.04 Å². The smallest absolute Gasteiger partial charge is 0.0951 e. The molecule has 0 fully saturated rings. The molecule has 1 heterocycles. The van der Waals surface area contributed by atoms with Gasteiger partial charge in [0.25, 0.3) is 0 Å². The van der Waals surface area contributed by atoms with Crippen LogP contribution in [0.15, 0.2) is 31.4 Å². The Kier molecular flexibility index (Phi) is 5.72. The summed E-state index contributed by atoms with van der Waals surface area (Å²) in [6.07, 6.45) is 9.89. The first-order chi connectivity index (χ1) is 5.38. The number of allylic oxidation sites excluding steroid dienone is 1. The first-order valence-corrected chi connectivity index (χ1v) is 3.98. The van der Waals surface area contributed by atoms with E-state index in [4.69, 9.17) is 0 Å². The Hall–Kier alpha value is -0.570. The van der Waals surface area contributed by atoms with Crippen molar-refractivity contribution in [3.05, 3.63) is 31.4 Å². The van der Waals surface area contributed by atoms with E-state index < -0.39 is 0 Å². The van der Waals surface area contributed by atoms with E-state index >= 15 is 0 Å². The molecule has 0 radical (unpaired) electrons. The molecule has 1 aromatic rings. The minimum atomic E-state index is 0. The molecule has 68 valence electrons. The summed E-state index contributed by atoms with van der Waals surface area (Å²) in [4.78, 5) is 3.99. The topological polar surface area (TPSA) is 17.8 Å². The molecule has 0 saturated heterocycles. The van der Waals surface area contributed by atoms with Gasteiger partial charge in [-0.1, -0.05) is 19.4 Å². The van der Waals surface area contributed by atoms with Crippen molar-refractivity contribution >= 4 is 17.0 Å². The van der Waals surface area contributed by atoms with E-state index in [1.54, 1.807) is 6.20 Å². The predicted molar refractivity (Wildman–Crippen MR) is 56.7 cm³/mol. The lowest BCUT2D eigenvalue weighted by atomic mass is 10.2. The van der Waals surface area contributed by atoms with Gasteiger partial charge in [-0.25, -0.2) is 4.98 Å². The molecule has 0 aliphatic carbocycles. The van der Waals surface area contributed by atoms with Crippen LogP contribution in [0, 0.1) is 0 Å². The molecular weight excluding hydrogens is 216 g/mol.